The van der Waals surface area contributed by atoms with E-state index in [4.69, 9.17) is 14.2 Å². The number of fused-ring (bicyclic) bond motifs is 2. The molecule has 0 bridgehead atoms. The number of rotatable bonds is 2. The van der Waals surface area contributed by atoms with Crippen LogP contribution < -0.4 is 0 Å². The van der Waals surface area contributed by atoms with Crippen LogP contribution in [0.4, 0.5) is 0 Å². The van der Waals surface area contributed by atoms with Gasteiger partial charge in [0.25, 0.3) is 0 Å². The monoisotopic (exact) mass is 304 g/mol. The van der Waals surface area contributed by atoms with Gasteiger partial charge in [0.2, 0.25) is 0 Å². The van der Waals surface area contributed by atoms with Crippen LogP contribution in [0.5, 0.6) is 0 Å². The number of carbonyl (C=O) groups is 1. The van der Waals surface area contributed by atoms with Gasteiger partial charge >= 0.3 is 5.97 Å². The third kappa shape index (κ3) is 2.66. The van der Waals surface area contributed by atoms with Gasteiger partial charge in [-0.05, 0) is 36.5 Å². The molecular weight excluding hydrogens is 280 g/mol. The number of hydrogen-bond acceptors (Lipinski definition) is 4. The number of hydrogen-bond donors (Lipinski definition) is 0. The van der Waals surface area contributed by atoms with Gasteiger partial charge in [0.15, 0.2) is 0 Å². The standard InChI is InChI=1S/C18H24O4/c1-12-7-14(9-16(19)20-3)17-13(2)10-22-18(15(17)8-12)5-4-6-21-11-18/h7-8,13H,4-6,9-11H2,1-3H3/t13-,18+/m1/s1. The zero-order valence-electron chi connectivity index (χ0n) is 13.6. The predicted molar refractivity (Wildman–Crippen MR) is 83.0 cm³/mol. The molecule has 1 saturated heterocycles. The lowest BCUT2D eigenvalue weighted by molar-refractivity contribution is -0.146. The molecule has 120 valence electrons. The highest BCUT2D eigenvalue weighted by Gasteiger charge is 2.42. The summed E-state index contributed by atoms with van der Waals surface area (Å²) in [4.78, 5) is 11.8. The SMILES string of the molecule is COC(=O)Cc1cc(C)cc2c1[C@H](C)CO[C@]21CCCOC1. The lowest BCUT2D eigenvalue weighted by atomic mass is 9.76. The van der Waals surface area contributed by atoms with Crippen LogP contribution in [-0.2, 0) is 31.0 Å². The molecule has 1 spiro atoms. The molecular formula is C18H24O4. The first-order chi connectivity index (χ1) is 10.6. The highest BCUT2D eigenvalue weighted by atomic mass is 16.5. The number of aryl methyl sites for hydroxylation is 1. The zero-order valence-corrected chi connectivity index (χ0v) is 13.6. The van der Waals surface area contributed by atoms with E-state index in [-0.39, 0.29) is 17.5 Å². The van der Waals surface area contributed by atoms with Crippen LogP contribution in [0.1, 0.15) is 47.9 Å². The Hall–Kier alpha value is -1.39. The fraction of sp³-hybridized carbons (Fsp3) is 0.611. The van der Waals surface area contributed by atoms with Crippen LogP contribution in [0.3, 0.4) is 0 Å². The predicted octanol–water partition coefficient (Wildman–Crippen LogP) is 2.85. The van der Waals surface area contributed by atoms with E-state index in [2.05, 4.69) is 26.0 Å². The summed E-state index contributed by atoms with van der Waals surface area (Å²) in [6.45, 7) is 6.31. The fourth-order valence-electron chi connectivity index (χ4n) is 3.75. The summed E-state index contributed by atoms with van der Waals surface area (Å²) in [7, 11) is 1.44. The Morgan fingerprint density at radius 2 is 2.27 bits per heavy atom. The van der Waals surface area contributed by atoms with Crippen molar-refractivity contribution in [3.63, 3.8) is 0 Å². The molecule has 4 heteroatoms. The first-order valence-electron chi connectivity index (χ1n) is 7.98. The Bertz CT molecular complexity index is 573. The zero-order chi connectivity index (χ0) is 15.7. The molecule has 1 aromatic rings. The van der Waals surface area contributed by atoms with E-state index in [1.807, 2.05) is 0 Å². The Morgan fingerprint density at radius 3 is 2.95 bits per heavy atom. The van der Waals surface area contributed by atoms with Gasteiger partial charge in [0.1, 0.15) is 5.60 Å². The summed E-state index contributed by atoms with van der Waals surface area (Å²) < 4.78 is 16.8. The Labute approximate surface area is 131 Å². The van der Waals surface area contributed by atoms with Crippen molar-refractivity contribution >= 4 is 5.97 Å². The van der Waals surface area contributed by atoms with Crippen LogP contribution in [0, 0.1) is 6.92 Å². The van der Waals surface area contributed by atoms with Crippen molar-refractivity contribution in [3.05, 3.63) is 34.4 Å². The van der Waals surface area contributed by atoms with Gasteiger partial charge in [0.05, 0.1) is 26.7 Å². The van der Waals surface area contributed by atoms with Gasteiger partial charge in [-0.1, -0.05) is 24.6 Å². The normalized spacial score (nSPS) is 27.5. The second kappa shape index (κ2) is 6.01. The summed E-state index contributed by atoms with van der Waals surface area (Å²) in [5.74, 6) is 0.0863. The van der Waals surface area contributed by atoms with Gasteiger partial charge in [-0.2, -0.15) is 0 Å². The van der Waals surface area contributed by atoms with Crippen molar-refractivity contribution in [2.45, 2.75) is 44.6 Å². The van der Waals surface area contributed by atoms with E-state index in [0.717, 1.165) is 30.6 Å². The Balaban J connectivity index is 2.10. The Morgan fingerprint density at radius 1 is 1.45 bits per heavy atom. The molecule has 0 aromatic heterocycles. The van der Waals surface area contributed by atoms with Crippen LogP contribution in [0.15, 0.2) is 12.1 Å². The molecule has 2 heterocycles. The average molecular weight is 304 g/mol. The third-order valence-electron chi connectivity index (χ3n) is 4.77. The van der Waals surface area contributed by atoms with Crippen molar-refractivity contribution in [1.82, 2.24) is 0 Å². The van der Waals surface area contributed by atoms with Gasteiger partial charge < -0.3 is 14.2 Å². The van der Waals surface area contributed by atoms with E-state index >= 15 is 0 Å². The molecule has 1 fully saturated rings. The van der Waals surface area contributed by atoms with Crippen molar-refractivity contribution in [1.29, 1.82) is 0 Å². The lowest BCUT2D eigenvalue weighted by Gasteiger charge is -2.44. The van der Waals surface area contributed by atoms with Gasteiger partial charge in [-0.15, -0.1) is 0 Å². The quantitative estimate of drug-likeness (QED) is 0.788. The summed E-state index contributed by atoms with van der Waals surface area (Å²) in [6, 6.07) is 4.31. The van der Waals surface area contributed by atoms with E-state index in [1.54, 1.807) is 0 Å². The molecule has 3 rings (SSSR count). The molecule has 2 atom stereocenters. The lowest BCUT2D eigenvalue weighted by Crippen LogP contribution is -2.44. The molecule has 0 N–H and O–H groups in total. The maximum atomic E-state index is 11.8. The van der Waals surface area contributed by atoms with Gasteiger partial charge in [-0.3, -0.25) is 4.79 Å². The van der Waals surface area contributed by atoms with Crippen molar-refractivity contribution in [3.8, 4) is 0 Å². The first-order valence-corrected chi connectivity index (χ1v) is 7.98. The maximum absolute atomic E-state index is 11.8. The summed E-state index contributed by atoms with van der Waals surface area (Å²) in [6.07, 6.45) is 2.31. The van der Waals surface area contributed by atoms with Crippen LogP contribution in [0.2, 0.25) is 0 Å². The second-order valence-corrected chi connectivity index (χ2v) is 6.50. The number of ether oxygens (including phenoxy) is 3. The summed E-state index contributed by atoms with van der Waals surface area (Å²) in [5, 5.41) is 0. The largest absolute Gasteiger partial charge is 0.469 e. The van der Waals surface area contributed by atoms with E-state index < -0.39 is 0 Å². The highest BCUT2D eigenvalue weighted by Crippen LogP contribution is 2.44. The fourth-order valence-corrected chi connectivity index (χ4v) is 3.75. The molecule has 22 heavy (non-hydrogen) atoms. The minimum atomic E-state index is -0.336. The van der Waals surface area contributed by atoms with Crippen LogP contribution in [0.25, 0.3) is 0 Å². The molecule has 2 aliphatic rings. The minimum Gasteiger partial charge on any atom is -0.469 e. The molecule has 0 unspecified atom stereocenters. The van der Waals surface area contributed by atoms with E-state index in [9.17, 15) is 4.79 Å². The minimum absolute atomic E-state index is 0.194. The molecule has 0 saturated carbocycles. The van der Waals surface area contributed by atoms with E-state index in [0.29, 0.717) is 19.6 Å². The summed E-state index contributed by atoms with van der Waals surface area (Å²) >= 11 is 0. The van der Waals surface area contributed by atoms with Gasteiger partial charge in [0, 0.05) is 12.5 Å². The van der Waals surface area contributed by atoms with Crippen LogP contribution >= 0.6 is 0 Å². The van der Waals surface area contributed by atoms with E-state index in [1.165, 1.54) is 18.2 Å². The van der Waals surface area contributed by atoms with Crippen molar-refractivity contribution < 1.29 is 19.0 Å². The molecule has 0 aliphatic carbocycles. The molecule has 0 amide bonds. The van der Waals surface area contributed by atoms with Crippen molar-refractivity contribution in [2.75, 3.05) is 26.9 Å². The van der Waals surface area contributed by atoms with Crippen LogP contribution in [-0.4, -0.2) is 32.9 Å². The van der Waals surface area contributed by atoms with Crippen molar-refractivity contribution in [2.24, 2.45) is 0 Å². The summed E-state index contributed by atoms with van der Waals surface area (Å²) in [5.41, 5.74) is 4.36. The highest BCUT2D eigenvalue weighted by molar-refractivity contribution is 5.73. The first kappa shape index (κ1) is 15.5. The number of benzene rings is 1. The second-order valence-electron chi connectivity index (χ2n) is 6.50. The molecule has 1 aromatic carbocycles. The third-order valence-corrected chi connectivity index (χ3v) is 4.77. The topological polar surface area (TPSA) is 44.8 Å². The number of carbonyl (C=O) groups excluding carboxylic acids is 1. The number of esters is 1. The smallest absolute Gasteiger partial charge is 0.309 e. The van der Waals surface area contributed by atoms with Gasteiger partial charge in [-0.25, -0.2) is 0 Å². The molecule has 4 nitrogen and oxygen atoms in total. The maximum Gasteiger partial charge on any atom is 0.309 e. The molecule has 0 radical (unpaired) electrons. The molecule has 2 aliphatic heterocycles. The number of methoxy groups -OCH3 is 1. The average Bonchev–Trinajstić information content (AvgIpc) is 2.52. The Kier molecular flexibility index (Phi) is 4.24.